The molecule has 1 aliphatic rings. The number of nitrogens with one attached hydrogen (secondary N) is 1. The van der Waals surface area contributed by atoms with Crippen LogP contribution in [0.4, 0.5) is 5.00 Å². The number of ether oxygens (including phenoxy) is 1. The second-order valence-corrected chi connectivity index (χ2v) is 5.41. The van der Waals surface area contributed by atoms with Gasteiger partial charge in [-0.1, -0.05) is 6.08 Å². The van der Waals surface area contributed by atoms with E-state index in [1.54, 1.807) is 19.9 Å². The number of hydrogen-bond acceptors (Lipinski definition) is 4. The van der Waals surface area contributed by atoms with Gasteiger partial charge >= 0.3 is 0 Å². The minimum atomic E-state index is -0.507. The molecule has 1 aliphatic heterocycles. The topological polar surface area (TPSA) is 81.4 Å². The molecule has 0 unspecified atom stereocenters. The molecule has 2 heterocycles. The lowest BCUT2D eigenvalue weighted by molar-refractivity contribution is -0.112. The van der Waals surface area contributed by atoms with Gasteiger partial charge in [0.1, 0.15) is 5.00 Å². The van der Waals surface area contributed by atoms with Crippen molar-refractivity contribution in [3.8, 4) is 0 Å². The number of thiophene rings is 1. The summed E-state index contributed by atoms with van der Waals surface area (Å²) in [6.07, 6.45) is 2.37. The largest absolute Gasteiger partial charge is 0.376 e. The number of rotatable bonds is 3. The summed E-state index contributed by atoms with van der Waals surface area (Å²) in [4.78, 5) is 24.4. The number of anilines is 1. The third kappa shape index (κ3) is 2.69. The Morgan fingerprint density at radius 2 is 2.21 bits per heavy atom. The van der Waals surface area contributed by atoms with Crippen LogP contribution in [0.15, 0.2) is 11.6 Å². The molecule has 2 rings (SSSR count). The van der Waals surface area contributed by atoms with Gasteiger partial charge in [-0.3, -0.25) is 9.59 Å². The molecule has 102 valence electrons. The van der Waals surface area contributed by atoms with Crippen LogP contribution in [0.3, 0.4) is 0 Å². The van der Waals surface area contributed by atoms with Crippen LogP contribution in [-0.4, -0.2) is 18.4 Å². The highest BCUT2D eigenvalue weighted by molar-refractivity contribution is 7.17. The number of carbonyl (C=O) groups excluding carboxylic acids is 2. The molecule has 0 fully saturated rings. The molecule has 0 aliphatic carbocycles. The molecule has 1 aromatic rings. The van der Waals surface area contributed by atoms with Gasteiger partial charge in [0.2, 0.25) is 0 Å². The maximum Gasteiger partial charge on any atom is 0.251 e. The summed E-state index contributed by atoms with van der Waals surface area (Å²) >= 11 is 1.36. The quantitative estimate of drug-likeness (QED) is 0.829. The van der Waals surface area contributed by atoms with Crippen molar-refractivity contribution in [2.75, 3.05) is 11.9 Å². The molecular weight excluding hydrogens is 264 g/mol. The van der Waals surface area contributed by atoms with Crippen LogP contribution < -0.4 is 11.1 Å². The standard InChI is InChI=1S/C13H16N2O3S/c1-3-7(2)12(17)15-13-10(11(14)16)8-4-5-18-6-9(8)19-13/h3H,4-6H2,1-2H3,(H2,14,16)(H,15,17). The van der Waals surface area contributed by atoms with Gasteiger partial charge in [-0.2, -0.15) is 0 Å². The number of amides is 2. The average Bonchev–Trinajstić information content (AvgIpc) is 2.75. The van der Waals surface area contributed by atoms with Crippen LogP contribution in [0.1, 0.15) is 34.6 Å². The third-order valence-electron chi connectivity index (χ3n) is 3.08. The van der Waals surface area contributed by atoms with E-state index in [-0.39, 0.29) is 5.91 Å². The number of fused-ring (bicyclic) bond motifs is 1. The highest BCUT2D eigenvalue weighted by Gasteiger charge is 2.25. The zero-order valence-corrected chi connectivity index (χ0v) is 11.7. The fraction of sp³-hybridized carbons (Fsp3) is 0.385. The lowest BCUT2D eigenvalue weighted by Crippen LogP contribution is -2.19. The first-order valence-corrected chi connectivity index (χ1v) is 6.82. The molecule has 0 spiro atoms. The zero-order chi connectivity index (χ0) is 14.0. The van der Waals surface area contributed by atoms with Gasteiger partial charge in [-0.05, 0) is 25.8 Å². The Hall–Kier alpha value is -1.66. The highest BCUT2D eigenvalue weighted by Crippen LogP contribution is 2.36. The summed E-state index contributed by atoms with van der Waals surface area (Å²) in [5.74, 6) is -0.725. The van der Waals surface area contributed by atoms with E-state index in [0.29, 0.717) is 35.8 Å². The molecule has 0 saturated carbocycles. The summed E-state index contributed by atoms with van der Waals surface area (Å²) in [5, 5.41) is 3.28. The van der Waals surface area contributed by atoms with Crippen LogP contribution in [0.25, 0.3) is 0 Å². The van der Waals surface area contributed by atoms with Crippen LogP contribution in [0, 0.1) is 0 Å². The Morgan fingerprint density at radius 3 is 2.84 bits per heavy atom. The maximum absolute atomic E-state index is 11.9. The molecule has 6 heteroatoms. The van der Waals surface area contributed by atoms with Crippen molar-refractivity contribution in [2.24, 2.45) is 5.73 Å². The second-order valence-electron chi connectivity index (χ2n) is 4.30. The first-order valence-electron chi connectivity index (χ1n) is 6.01. The Labute approximate surface area is 115 Å². The Bertz CT molecular complexity index is 560. The van der Waals surface area contributed by atoms with Crippen molar-refractivity contribution in [3.05, 3.63) is 27.7 Å². The van der Waals surface area contributed by atoms with Crippen molar-refractivity contribution in [2.45, 2.75) is 26.9 Å². The fourth-order valence-corrected chi connectivity index (χ4v) is 3.10. The highest BCUT2D eigenvalue weighted by atomic mass is 32.1. The predicted molar refractivity (Wildman–Crippen MR) is 74.3 cm³/mol. The lowest BCUT2D eigenvalue weighted by Gasteiger charge is -2.12. The molecule has 5 nitrogen and oxygen atoms in total. The van der Waals surface area contributed by atoms with Gasteiger partial charge in [0.15, 0.2) is 0 Å². The molecule has 0 saturated heterocycles. The Kier molecular flexibility index (Phi) is 4.01. The van der Waals surface area contributed by atoms with Gasteiger partial charge in [0, 0.05) is 10.5 Å². The van der Waals surface area contributed by atoms with E-state index in [1.165, 1.54) is 11.3 Å². The molecule has 1 aromatic heterocycles. The fourth-order valence-electron chi connectivity index (χ4n) is 1.91. The smallest absolute Gasteiger partial charge is 0.251 e. The van der Waals surface area contributed by atoms with Crippen LogP contribution >= 0.6 is 11.3 Å². The van der Waals surface area contributed by atoms with Crippen molar-refractivity contribution < 1.29 is 14.3 Å². The van der Waals surface area contributed by atoms with E-state index in [0.717, 1.165) is 10.4 Å². The first kappa shape index (κ1) is 13.8. The molecule has 2 amide bonds. The molecule has 3 N–H and O–H groups in total. The molecule has 0 atom stereocenters. The number of nitrogens with two attached hydrogens (primary N) is 1. The van der Waals surface area contributed by atoms with Gasteiger partial charge in [-0.25, -0.2) is 0 Å². The zero-order valence-electron chi connectivity index (χ0n) is 10.9. The monoisotopic (exact) mass is 280 g/mol. The van der Waals surface area contributed by atoms with E-state index in [9.17, 15) is 9.59 Å². The van der Waals surface area contributed by atoms with Crippen molar-refractivity contribution in [1.82, 2.24) is 0 Å². The summed E-state index contributed by atoms with van der Waals surface area (Å²) < 4.78 is 5.35. The third-order valence-corrected chi connectivity index (χ3v) is 4.21. The first-order chi connectivity index (χ1) is 9.04. The van der Waals surface area contributed by atoms with Gasteiger partial charge in [0.25, 0.3) is 11.8 Å². The predicted octanol–water partition coefficient (Wildman–Crippen LogP) is 1.82. The van der Waals surface area contributed by atoms with E-state index < -0.39 is 5.91 Å². The van der Waals surface area contributed by atoms with Crippen LogP contribution in [0.5, 0.6) is 0 Å². The second kappa shape index (κ2) is 5.54. The van der Waals surface area contributed by atoms with Crippen LogP contribution in [0.2, 0.25) is 0 Å². The van der Waals surface area contributed by atoms with E-state index in [4.69, 9.17) is 10.5 Å². The summed E-state index contributed by atoms with van der Waals surface area (Å²) in [7, 11) is 0. The molecule has 0 aromatic carbocycles. The van der Waals surface area contributed by atoms with E-state index in [2.05, 4.69) is 5.32 Å². The normalized spacial score (nSPS) is 14.9. The Morgan fingerprint density at radius 1 is 1.47 bits per heavy atom. The van der Waals surface area contributed by atoms with Gasteiger partial charge < -0.3 is 15.8 Å². The number of allylic oxidation sites excluding steroid dienone is 1. The van der Waals surface area contributed by atoms with Crippen molar-refractivity contribution >= 4 is 28.2 Å². The average molecular weight is 280 g/mol. The van der Waals surface area contributed by atoms with E-state index in [1.807, 2.05) is 0 Å². The van der Waals surface area contributed by atoms with Crippen LogP contribution in [-0.2, 0) is 22.6 Å². The summed E-state index contributed by atoms with van der Waals surface area (Å²) in [5.41, 5.74) is 7.37. The minimum Gasteiger partial charge on any atom is -0.376 e. The van der Waals surface area contributed by atoms with E-state index >= 15 is 0 Å². The number of carbonyl (C=O) groups is 2. The molecule has 0 radical (unpaired) electrons. The SMILES string of the molecule is CC=C(C)C(=O)Nc1sc2c(c1C(N)=O)CCOC2. The molecule has 19 heavy (non-hydrogen) atoms. The summed E-state index contributed by atoms with van der Waals surface area (Å²) in [6.45, 7) is 4.55. The van der Waals surface area contributed by atoms with Gasteiger partial charge in [0.05, 0.1) is 18.8 Å². The van der Waals surface area contributed by atoms with Crippen molar-refractivity contribution in [1.29, 1.82) is 0 Å². The summed E-state index contributed by atoms with van der Waals surface area (Å²) in [6, 6.07) is 0. The lowest BCUT2D eigenvalue weighted by atomic mass is 10.1. The Balaban J connectivity index is 2.37. The van der Waals surface area contributed by atoms with Crippen molar-refractivity contribution in [3.63, 3.8) is 0 Å². The number of hydrogen-bond donors (Lipinski definition) is 2. The number of primary amides is 1. The molecular formula is C13H16N2O3S. The minimum absolute atomic E-state index is 0.218. The van der Waals surface area contributed by atoms with Gasteiger partial charge in [-0.15, -0.1) is 11.3 Å². The molecule has 0 bridgehead atoms. The maximum atomic E-state index is 11.9.